The van der Waals surface area contributed by atoms with Gasteiger partial charge in [0, 0.05) is 16.9 Å². The highest BCUT2D eigenvalue weighted by molar-refractivity contribution is 6.36. The average molecular weight is 219 g/mol. The van der Waals surface area contributed by atoms with Crippen LogP contribution in [-0.4, -0.2) is 11.2 Å². The minimum absolute atomic E-state index is 0.543. The van der Waals surface area contributed by atoms with Crippen LogP contribution in [0, 0.1) is 13.8 Å². The molecule has 0 spiro atoms. The predicted octanol–water partition coefficient (Wildman–Crippen LogP) is 2.97. The van der Waals surface area contributed by atoms with Crippen LogP contribution in [0.1, 0.15) is 11.4 Å². The third-order valence-corrected chi connectivity index (χ3v) is 2.41. The van der Waals surface area contributed by atoms with E-state index in [9.17, 15) is 0 Å². The van der Waals surface area contributed by atoms with Crippen molar-refractivity contribution < 1.29 is 0 Å². The molecule has 1 heterocycles. The van der Waals surface area contributed by atoms with Crippen LogP contribution in [0.25, 0.3) is 0 Å². The van der Waals surface area contributed by atoms with Gasteiger partial charge in [-0.2, -0.15) is 0 Å². The lowest BCUT2D eigenvalue weighted by molar-refractivity contribution is 0.827. The molecule has 1 rings (SSSR count). The minimum atomic E-state index is 0.543. The predicted molar refractivity (Wildman–Crippen MR) is 57.9 cm³/mol. The van der Waals surface area contributed by atoms with Gasteiger partial charge in [0.15, 0.2) is 0 Å². The van der Waals surface area contributed by atoms with E-state index in [-0.39, 0.29) is 0 Å². The summed E-state index contributed by atoms with van der Waals surface area (Å²) in [5.74, 6) is 0. The lowest BCUT2D eigenvalue weighted by atomic mass is 10.5. The Morgan fingerprint density at radius 2 is 2.00 bits per heavy atom. The molecule has 2 nitrogen and oxygen atoms in total. The maximum Gasteiger partial charge on any atom is 0.0680 e. The number of rotatable bonds is 3. The number of aryl methyl sites for hydroxylation is 2. The summed E-state index contributed by atoms with van der Waals surface area (Å²) in [7, 11) is 0. The highest BCUT2D eigenvalue weighted by atomic mass is 35.5. The summed E-state index contributed by atoms with van der Waals surface area (Å²) in [5, 5.41) is 0.592. The van der Waals surface area contributed by atoms with Gasteiger partial charge in [-0.1, -0.05) is 23.2 Å². The van der Waals surface area contributed by atoms with Gasteiger partial charge in [0.25, 0.3) is 0 Å². The molecule has 0 aliphatic carbocycles. The van der Waals surface area contributed by atoms with Crippen molar-refractivity contribution in [2.45, 2.75) is 13.8 Å². The monoisotopic (exact) mass is 218 g/mol. The first-order chi connectivity index (χ1) is 6.15. The summed E-state index contributed by atoms with van der Waals surface area (Å²) in [6, 6.07) is 4.08. The highest BCUT2D eigenvalue weighted by Crippen LogP contribution is 2.06. The number of halogens is 2. The second-order valence-electron chi connectivity index (χ2n) is 2.84. The Bertz CT molecular complexity index is 296. The van der Waals surface area contributed by atoms with Crippen LogP contribution in [0.2, 0.25) is 0 Å². The van der Waals surface area contributed by atoms with Gasteiger partial charge in [0.2, 0.25) is 0 Å². The smallest absolute Gasteiger partial charge is 0.0680 e. The van der Waals surface area contributed by atoms with E-state index in [0.29, 0.717) is 11.6 Å². The zero-order valence-corrected chi connectivity index (χ0v) is 9.15. The van der Waals surface area contributed by atoms with Crippen LogP contribution >= 0.6 is 23.2 Å². The first kappa shape index (κ1) is 10.5. The third-order valence-electron chi connectivity index (χ3n) is 1.80. The Labute approximate surface area is 88.1 Å². The Balaban J connectivity index is 2.64. The van der Waals surface area contributed by atoms with E-state index < -0.39 is 0 Å². The van der Waals surface area contributed by atoms with E-state index in [1.54, 1.807) is 0 Å². The zero-order valence-electron chi connectivity index (χ0n) is 7.64. The lowest BCUT2D eigenvalue weighted by Crippen LogP contribution is -2.18. The maximum absolute atomic E-state index is 5.74. The maximum atomic E-state index is 5.74. The summed E-state index contributed by atoms with van der Waals surface area (Å²) in [5.41, 5.74) is 6.81. The van der Waals surface area contributed by atoms with Crippen molar-refractivity contribution in [1.82, 2.24) is 4.68 Å². The summed E-state index contributed by atoms with van der Waals surface area (Å²) in [6.07, 6.45) is 0. The van der Waals surface area contributed by atoms with E-state index in [4.69, 9.17) is 23.2 Å². The number of hydrogen-bond acceptors (Lipinski definition) is 1. The second-order valence-corrected chi connectivity index (χ2v) is 3.55. The zero-order chi connectivity index (χ0) is 9.84. The molecule has 1 aromatic rings. The van der Waals surface area contributed by atoms with E-state index in [2.05, 4.69) is 5.43 Å². The molecule has 72 valence electrons. The minimum Gasteiger partial charge on any atom is -0.321 e. The van der Waals surface area contributed by atoms with Gasteiger partial charge >= 0.3 is 0 Å². The molecule has 0 atom stereocenters. The standard InChI is InChI=1S/C9H12Cl2N2/c1-7-3-4-8(2)13(7)12-6-9(11)5-10/h3-5,12H,6H2,1-2H3. The number of nitrogens with zero attached hydrogens (tertiary/aromatic N) is 1. The van der Waals surface area contributed by atoms with Gasteiger partial charge in [-0.25, -0.2) is 0 Å². The van der Waals surface area contributed by atoms with Crippen molar-refractivity contribution in [2.75, 3.05) is 12.0 Å². The quantitative estimate of drug-likeness (QED) is 0.826. The summed E-state index contributed by atoms with van der Waals surface area (Å²) >= 11 is 11.2. The lowest BCUT2D eigenvalue weighted by Gasteiger charge is -2.11. The van der Waals surface area contributed by atoms with Gasteiger partial charge in [-0.05, 0) is 26.0 Å². The van der Waals surface area contributed by atoms with Gasteiger partial charge in [0.05, 0.1) is 11.6 Å². The molecule has 0 saturated heterocycles. The summed E-state index contributed by atoms with van der Waals surface area (Å²) in [6.45, 7) is 4.60. The Morgan fingerprint density at radius 1 is 1.46 bits per heavy atom. The van der Waals surface area contributed by atoms with Crippen molar-refractivity contribution in [3.8, 4) is 0 Å². The molecule has 0 aliphatic heterocycles. The van der Waals surface area contributed by atoms with Crippen molar-refractivity contribution in [3.05, 3.63) is 34.1 Å². The molecule has 0 saturated carbocycles. The first-order valence-corrected chi connectivity index (χ1v) is 4.80. The average Bonchev–Trinajstić information content (AvgIpc) is 2.43. The van der Waals surface area contributed by atoms with Crippen molar-refractivity contribution in [3.63, 3.8) is 0 Å². The largest absolute Gasteiger partial charge is 0.321 e. The fraction of sp³-hybridized carbons (Fsp3) is 0.333. The van der Waals surface area contributed by atoms with Gasteiger partial charge in [-0.3, -0.25) is 4.68 Å². The Hall–Kier alpha value is -0.600. The van der Waals surface area contributed by atoms with Gasteiger partial charge in [0.1, 0.15) is 0 Å². The molecular weight excluding hydrogens is 207 g/mol. The molecule has 0 fully saturated rings. The molecule has 1 aromatic heterocycles. The van der Waals surface area contributed by atoms with Crippen molar-refractivity contribution in [2.24, 2.45) is 0 Å². The van der Waals surface area contributed by atoms with Crippen LogP contribution in [0.4, 0.5) is 0 Å². The molecule has 0 bridgehead atoms. The number of nitrogens with one attached hydrogen (secondary N) is 1. The molecule has 0 aromatic carbocycles. The van der Waals surface area contributed by atoms with Crippen LogP contribution in [0.3, 0.4) is 0 Å². The molecule has 13 heavy (non-hydrogen) atoms. The molecule has 0 amide bonds. The fourth-order valence-electron chi connectivity index (χ4n) is 1.11. The molecule has 4 heteroatoms. The Kier molecular flexibility index (Phi) is 3.70. The third kappa shape index (κ3) is 2.68. The fourth-order valence-corrected chi connectivity index (χ4v) is 1.25. The van der Waals surface area contributed by atoms with Crippen molar-refractivity contribution >= 4 is 23.2 Å². The molecular formula is C9H12Cl2N2. The second kappa shape index (κ2) is 4.58. The van der Waals surface area contributed by atoms with E-state index >= 15 is 0 Å². The van der Waals surface area contributed by atoms with Crippen LogP contribution < -0.4 is 5.43 Å². The van der Waals surface area contributed by atoms with Crippen LogP contribution in [0.15, 0.2) is 22.7 Å². The molecule has 1 N–H and O–H groups in total. The normalized spacial score (nSPS) is 11.8. The number of hydrogen-bond donors (Lipinski definition) is 1. The van der Waals surface area contributed by atoms with Gasteiger partial charge in [-0.15, -0.1) is 0 Å². The summed E-state index contributed by atoms with van der Waals surface area (Å²) < 4.78 is 1.97. The molecule has 0 aliphatic rings. The van der Waals surface area contributed by atoms with E-state index in [1.807, 2.05) is 30.7 Å². The summed E-state index contributed by atoms with van der Waals surface area (Å²) in [4.78, 5) is 0. The molecule has 0 unspecified atom stereocenters. The van der Waals surface area contributed by atoms with Gasteiger partial charge < -0.3 is 5.43 Å². The Morgan fingerprint density at radius 3 is 2.46 bits per heavy atom. The van der Waals surface area contributed by atoms with E-state index in [1.165, 1.54) is 5.54 Å². The topological polar surface area (TPSA) is 17.0 Å². The van der Waals surface area contributed by atoms with E-state index in [0.717, 1.165) is 11.4 Å². The SMILES string of the molecule is Cc1ccc(C)n1NCC(Cl)=CCl. The van der Waals surface area contributed by atoms with Crippen molar-refractivity contribution in [1.29, 1.82) is 0 Å². The van der Waals surface area contributed by atoms with Crippen LogP contribution in [0.5, 0.6) is 0 Å². The van der Waals surface area contributed by atoms with Crippen LogP contribution in [-0.2, 0) is 0 Å². The molecule has 0 radical (unpaired) electrons. The first-order valence-electron chi connectivity index (χ1n) is 3.98. The number of aromatic nitrogens is 1. The highest BCUT2D eigenvalue weighted by Gasteiger charge is 1.99.